The van der Waals surface area contributed by atoms with Crippen molar-refractivity contribution >= 4 is 32.3 Å². The van der Waals surface area contributed by atoms with Crippen molar-refractivity contribution in [3.63, 3.8) is 0 Å². The average Bonchev–Trinajstić information content (AvgIpc) is 2.55. The van der Waals surface area contributed by atoms with Gasteiger partial charge in [0, 0.05) is 17.6 Å². The van der Waals surface area contributed by atoms with Crippen LogP contribution in [0.3, 0.4) is 0 Å². The number of rotatable bonds is 4. The number of halogens is 1. The van der Waals surface area contributed by atoms with Gasteiger partial charge < -0.3 is 0 Å². The zero-order chi connectivity index (χ0) is 17.3. The molecular formula is C15H10FN3O4S. The molecule has 0 aliphatic heterocycles. The first-order chi connectivity index (χ1) is 11.4. The quantitative estimate of drug-likeness (QED) is 0.577. The number of benzene rings is 2. The van der Waals surface area contributed by atoms with E-state index >= 15 is 0 Å². The molecule has 0 aliphatic rings. The van der Waals surface area contributed by atoms with E-state index in [1.54, 1.807) is 24.3 Å². The molecule has 3 rings (SSSR count). The Hall–Kier alpha value is -3.07. The number of nitro groups is 1. The fraction of sp³-hybridized carbons (Fsp3) is 0. The number of sulfonamides is 1. The molecule has 3 aromatic rings. The first kappa shape index (κ1) is 15.8. The highest BCUT2D eigenvalue weighted by Gasteiger charge is 2.21. The minimum absolute atomic E-state index is 0.0763. The van der Waals surface area contributed by atoms with Crippen LogP contribution in [0, 0.1) is 15.9 Å². The summed E-state index contributed by atoms with van der Waals surface area (Å²) in [6, 6.07) is 10.8. The summed E-state index contributed by atoms with van der Waals surface area (Å²) in [7, 11) is -4.05. The Bertz CT molecular complexity index is 1050. The van der Waals surface area contributed by atoms with Crippen molar-refractivity contribution in [2.45, 2.75) is 4.90 Å². The van der Waals surface area contributed by atoms with E-state index in [0.29, 0.717) is 5.39 Å². The van der Waals surface area contributed by atoms with E-state index in [-0.39, 0.29) is 16.1 Å². The SMILES string of the molecule is O=[N+]([O-])c1cc(NS(=O)(=O)c2cccc3cccnc23)ccc1F. The maximum Gasteiger partial charge on any atom is 0.306 e. The summed E-state index contributed by atoms with van der Waals surface area (Å²) in [5, 5.41) is 11.4. The van der Waals surface area contributed by atoms with Gasteiger partial charge in [-0.1, -0.05) is 18.2 Å². The Morgan fingerprint density at radius 3 is 2.62 bits per heavy atom. The first-order valence-corrected chi connectivity index (χ1v) is 8.17. The minimum Gasteiger partial charge on any atom is -0.279 e. The summed E-state index contributed by atoms with van der Waals surface area (Å²) in [5.41, 5.74) is -0.661. The van der Waals surface area contributed by atoms with E-state index in [1.165, 1.54) is 12.3 Å². The normalized spacial score (nSPS) is 11.4. The molecule has 0 aliphatic carbocycles. The number of nitrogens with one attached hydrogen (secondary N) is 1. The van der Waals surface area contributed by atoms with Gasteiger partial charge in [-0.2, -0.15) is 4.39 Å². The van der Waals surface area contributed by atoms with E-state index in [2.05, 4.69) is 9.71 Å². The number of aromatic nitrogens is 1. The second kappa shape index (κ2) is 5.85. The van der Waals surface area contributed by atoms with E-state index < -0.39 is 26.5 Å². The minimum atomic E-state index is -4.05. The van der Waals surface area contributed by atoms with Crippen LogP contribution in [0.4, 0.5) is 15.8 Å². The molecule has 0 saturated heterocycles. The van der Waals surface area contributed by atoms with Crippen LogP contribution >= 0.6 is 0 Å². The summed E-state index contributed by atoms with van der Waals surface area (Å²) in [6.45, 7) is 0. The number of hydrogen-bond acceptors (Lipinski definition) is 5. The molecular weight excluding hydrogens is 337 g/mol. The van der Waals surface area contributed by atoms with Gasteiger partial charge in [-0.3, -0.25) is 19.8 Å². The van der Waals surface area contributed by atoms with Crippen LogP contribution in [0.25, 0.3) is 10.9 Å². The number of fused-ring (bicyclic) bond motifs is 1. The Kier molecular flexibility index (Phi) is 3.86. The fourth-order valence-corrected chi connectivity index (χ4v) is 3.45. The highest BCUT2D eigenvalue weighted by atomic mass is 32.2. The fourth-order valence-electron chi connectivity index (χ4n) is 2.22. The maximum absolute atomic E-state index is 13.4. The number of pyridine rings is 1. The standard InChI is InChI=1S/C15H10FN3O4S/c16-12-7-6-11(9-13(12)19(20)21)18-24(22,23)14-5-1-3-10-4-2-8-17-15(10)14/h1-9,18H. The lowest BCUT2D eigenvalue weighted by Gasteiger charge is -2.10. The van der Waals surface area contributed by atoms with Crippen LogP contribution in [0.15, 0.2) is 59.6 Å². The molecule has 0 fully saturated rings. The highest BCUT2D eigenvalue weighted by molar-refractivity contribution is 7.93. The molecule has 0 unspecified atom stereocenters. The van der Waals surface area contributed by atoms with Crippen LogP contribution in [0.1, 0.15) is 0 Å². The van der Waals surface area contributed by atoms with Gasteiger partial charge in [0.25, 0.3) is 10.0 Å². The Labute approximate surface area is 136 Å². The van der Waals surface area contributed by atoms with Crippen LogP contribution in [-0.4, -0.2) is 18.3 Å². The molecule has 24 heavy (non-hydrogen) atoms. The Balaban J connectivity index is 2.06. The molecule has 7 nitrogen and oxygen atoms in total. The van der Waals surface area contributed by atoms with Crippen molar-refractivity contribution in [1.29, 1.82) is 0 Å². The number of anilines is 1. The predicted molar refractivity (Wildman–Crippen MR) is 85.6 cm³/mol. The first-order valence-electron chi connectivity index (χ1n) is 6.69. The van der Waals surface area contributed by atoms with Gasteiger partial charge in [0.2, 0.25) is 5.82 Å². The van der Waals surface area contributed by atoms with Gasteiger partial charge in [0.15, 0.2) is 0 Å². The lowest BCUT2D eigenvalue weighted by atomic mass is 10.2. The molecule has 1 aromatic heterocycles. The zero-order valence-electron chi connectivity index (χ0n) is 12.0. The third-order valence-corrected chi connectivity index (χ3v) is 4.69. The smallest absolute Gasteiger partial charge is 0.279 e. The molecule has 0 radical (unpaired) electrons. The van der Waals surface area contributed by atoms with E-state index in [1.807, 2.05) is 0 Å². The molecule has 1 N–H and O–H groups in total. The van der Waals surface area contributed by atoms with Crippen LogP contribution in [-0.2, 0) is 10.0 Å². The predicted octanol–water partition coefficient (Wildman–Crippen LogP) is 3.08. The van der Waals surface area contributed by atoms with Crippen molar-refractivity contribution in [3.05, 3.63) is 70.7 Å². The van der Waals surface area contributed by atoms with Crippen molar-refractivity contribution in [1.82, 2.24) is 4.98 Å². The number of para-hydroxylation sites is 1. The third-order valence-electron chi connectivity index (χ3n) is 3.28. The molecule has 0 amide bonds. The van der Waals surface area contributed by atoms with Crippen LogP contribution in [0.5, 0.6) is 0 Å². The van der Waals surface area contributed by atoms with Gasteiger partial charge in [-0.15, -0.1) is 0 Å². The number of hydrogen-bond donors (Lipinski definition) is 1. The summed E-state index contributed by atoms with van der Waals surface area (Å²) in [6.07, 6.45) is 1.46. The van der Waals surface area contributed by atoms with Crippen molar-refractivity contribution in [2.24, 2.45) is 0 Å². The molecule has 0 atom stereocenters. The van der Waals surface area contributed by atoms with E-state index in [4.69, 9.17) is 0 Å². The second-order valence-corrected chi connectivity index (χ2v) is 6.51. The van der Waals surface area contributed by atoms with Crippen molar-refractivity contribution in [3.8, 4) is 0 Å². The molecule has 0 bridgehead atoms. The maximum atomic E-state index is 13.4. The number of nitrogens with zero attached hydrogens (tertiary/aromatic N) is 2. The molecule has 0 spiro atoms. The summed E-state index contributed by atoms with van der Waals surface area (Å²) >= 11 is 0. The molecule has 9 heteroatoms. The molecule has 0 saturated carbocycles. The monoisotopic (exact) mass is 347 g/mol. The molecule has 122 valence electrons. The summed E-state index contributed by atoms with van der Waals surface area (Å²) < 4.78 is 40.7. The lowest BCUT2D eigenvalue weighted by Crippen LogP contribution is -2.14. The average molecular weight is 347 g/mol. The van der Waals surface area contributed by atoms with Gasteiger partial charge in [0.1, 0.15) is 4.90 Å². The third kappa shape index (κ3) is 2.88. The largest absolute Gasteiger partial charge is 0.306 e. The van der Waals surface area contributed by atoms with Crippen molar-refractivity contribution < 1.29 is 17.7 Å². The Morgan fingerprint density at radius 2 is 1.88 bits per heavy atom. The molecule has 1 heterocycles. The lowest BCUT2D eigenvalue weighted by molar-refractivity contribution is -0.387. The summed E-state index contributed by atoms with van der Waals surface area (Å²) in [5.74, 6) is -1.05. The second-order valence-electron chi connectivity index (χ2n) is 4.86. The van der Waals surface area contributed by atoms with Crippen LogP contribution < -0.4 is 4.72 Å². The van der Waals surface area contributed by atoms with E-state index in [9.17, 15) is 22.9 Å². The topological polar surface area (TPSA) is 102 Å². The van der Waals surface area contributed by atoms with Crippen LogP contribution in [0.2, 0.25) is 0 Å². The summed E-state index contributed by atoms with van der Waals surface area (Å²) in [4.78, 5) is 13.8. The van der Waals surface area contributed by atoms with Gasteiger partial charge in [-0.05, 0) is 24.3 Å². The number of nitro benzene ring substituents is 1. The van der Waals surface area contributed by atoms with Gasteiger partial charge in [0.05, 0.1) is 16.1 Å². The van der Waals surface area contributed by atoms with Gasteiger partial charge in [-0.25, -0.2) is 8.42 Å². The Morgan fingerprint density at radius 1 is 1.12 bits per heavy atom. The molecule has 2 aromatic carbocycles. The van der Waals surface area contributed by atoms with Crippen molar-refractivity contribution in [2.75, 3.05) is 4.72 Å². The van der Waals surface area contributed by atoms with Gasteiger partial charge >= 0.3 is 5.69 Å². The zero-order valence-corrected chi connectivity index (χ0v) is 12.8. The highest BCUT2D eigenvalue weighted by Crippen LogP contribution is 2.26. The van der Waals surface area contributed by atoms with E-state index in [0.717, 1.165) is 18.2 Å².